The summed E-state index contributed by atoms with van der Waals surface area (Å²) < 4.78 is 0. The van der Waals surface area contributed by atoms with Crippen molar-refractivity contribution in [3.63, 3.8) is 0 Å². The van der Waals surface area contributed by atoms with E-state index in [1.807, 2.05) is 12.1 Å². The minimum absolute atomic E-state index is 0.333. The predicted octanol–water partition coefficient (Wildman–Crippen LogP) is 1.93. The fourth-order valence-electron chi connectivity index (χ4n) is 1.41. The van der Waals surface area contributed by atoms with Crippen molar-refractivity contribution in [3.05, 3.63) is 29.8 Å². The minimum atomic E-state index is 0.333. The maximum atomic E-state index is 9.08. The highest BCUT2D eigenvalue weighted by Gasteiger charge is 2.00. The van der Waals surface area contributed by atoms with E-state index >= 15 is 0 Å². The van der Waals surface area contributed by atoms with Crippen LogP contribution < -0.4 is 5.32 Å². The number of phenolic OH excluding ortho intramolecular Hbond substituents is 1. The van der Waals surface area contributed by atoms with Gasteiger partial charge in [-0.05, 0) is 37.6 Å². The van der Waals surface area contributed by atoms with Crippen molar-refractivity contribution >= 4 is 0 Å². The number of hydrogen-bond acceptors (Lipinski definition) is 2. The number of phenols is 1. The summed E-state index contributed by atoms with van der Waals surface area (Å²) in [6.07, 6.45) is 1.01. The standard InChI is InChI=1S/C11H17NO/c1-3-12-9(2)8-10-4-6-11(13)7-5-10/h4-7,9,12-13H,3,8H2,1-2H3/t9-/m1/s1. The Morgan fingerprint density at radius 2 is 1.92 bits per heavy atom. The highest BCUT2D eigenvalue weighted by atomic mass is 16.3. The molecular formula is C11H17NO. The molecule has 0 radical (unpaired) electrons. The zero-order chi connectivity index (χ0) is 9.68. The Morgan fingerprint density at radius 3 is 2.46 bits per heavy atom. The smallest absolute Gasteiger partial charge is 0.115 e. The zero-order valence-corrected chi connectivity index (χ0v) is 8.25. The molecule has 0 amide bonds. The first kappa shape index (κ1) is 10.1. The molecule has 0 saturated heterocycles. The highest BCUT2D eigenvalue weighted by molar-refractivity contribution is 5.26. The quantitative estimate of drug-likeness (QED) is 0.740. The number of nitrogens with one attached hydrogen (secondary N) is 1. The Kier molecular flexibility index (Phi) is 3.77. The van der Waals surface area contributed by atoms with E-state index in [-0.39, 0.29) is 0 Å². The van der Waals surface area contributed by atoms with Gasteiger partial charge in [-0.15, -0.1) is 0 Å². The van der Waals surface area contributed by atoms with Crippen LogP contribution in [-0.2, 0) is 6.42 Å². The van der Waals surface area contributed by atoms with Crippen molar-refractivity contribution < 1.29 is 5.11 Å². The monoisotopic (exact) mass is 179 g/mol. The average molecular weight is 179 g/mol. The van der Waals surface area contributed by atoms with Crippen LogP contribution in [0.4, 0.5) is 0 Å². The van der Waals surface area contributed by atoms with Crippen molar-refractivity contribution in [1.29, 1.82) is 0 Å². The second kappa shape index (κ2) is 4.87. The van der Waals surface area contributed by atoms with Crippen LogP contribution in [0, 0.1) is 0 Å². The number of likely N-dealkylation sites (N-methyl/N-ethyl adjacent to an activating group) is 1. The van der Waals surface area contributed by atoms with Crippen molar-refractivity contribution in [1.82, 2.24) is 5.32 Å². The maximum absolute atomic E-state index is 9.08. The maximum Gasteiger partial charge on any atom is 0.115 e. The number of benzene rings is 1. The van der Waals surface area contributed by atoms with Gasteiger partial charge >= 0.3 is 0 Å². The van der Waals surface area contributed by atoms with E-state index in [1.165, 1.54) is 5.56 Å². The third-order valence-corrected chi connectivity index (χ3v) is 2.03. The molecule has 0 aliphatic heterocycles. The molecule has 2 N–H and O–H groups in total. The van der Waals surface area contributed by atoms with Crippen LogP contribution in [0.15, 0.2) is 24.3 Å². The molecular weight excluding hydrogens is 162 g/mol. The average Bonchev–Trinajstić information content (AvgIpc) is 2.09. The lowest BCUT2D eigenvalue weighted by Gasteiger charge is -2.11. The van der Waals surface area contributed by atoms with Gasteiger partial charge in [-0.2, -0.15) is 0 Å². The van der Waals surface area contributed by atoms with E-state index in [0.29, 0.717) is 11.8 Å². The summed E-state index contributed by atoms with van der Waals surface area (Å²) >= 11 is 0. The van der Waals surface area contributed by atoms with Gasteiger partial charge in [0.15, 0.2) is 0 Å². The normalized spacial score (nSPS) is 12.8. The second-order valence-electron chi connectivity index (χ2n) is 3.33. The molecule has 0 heterocycles. The SMILES string of the molecule is CCN[C@H](C)Cc1ccc(O)cc1. The second-order valence-corrected chi connectivity index (χ2v) is 3.33. The molecule has 72 valence electrons. The predicted molar refractivity (Wildman–Crippen MR) is 54.9 cm³/mol. The third-order valence-electron chi connectivity index (χ3n) is 2.03. The van der Waals surface area contributed by atoms with Gasteiger partial charge in [0.05, 0.1) is 0 Å². The van der Waals surface area contributed by atoms with E-state index in [0.717, 1.165) is 13.0 Å². The van der Waals surface area contributed by atoms with Gasteiger partial charge in [0.25, 0.3) is 0 Å². The molecule has 1 aromatic rings. The zero-order valence-electron chi connectivity index (χ0n) is 8.25. The summed E-state index contributed by atoms with van der Waals surface area (Å²) in [5.74, 6) is 0.333. The first-order chi connectivity index (χ1) is 6.22. The Balaban J connectivity index is 2.49. The summed E-state index contributed by atoms with van der Waals surface area (Å²) in [7, 11) is 0. The van der Waals surface area contributed by atoms with Crippen LogP contribution in [0.25, 0.3) is 0 Å². The third kappa shape index (κ3) is 3.47. The molecule has 13 heavy (non-hydrogen) atoms. The van der Waals surface area contributed by atoms with Gasteiger partial charge in [-0.1, -0.05) is 19.1 Å². The molecule has 2 nitrogen and oxygen atoms in total. The largest absolute Gasteiger partial charge is 0.508 e. The number of rotatable bonds is 4. The van der Waals surface area contributed by atoms with Crippen LogP contribution in [-0.4, -0.2) is 17.7 Å². The molecule has 1 atom stereocenters. The summed E-state index contributed by atoms with van der Waals surface area (Å²) in [5, 5.41) is 12.4. The Labute approximate surface area is 79.6 Å². The molecule has 0 aliphatic rings. The summed E-state index contributed by atoms with van der Waals surface area (Å²) in [4.78, 5) is 0. The lowest BCUT2D eigenvalue weighted by Crippen LogP contribution is -2.27. The van der Waals surface area contributed by atoms with Crippen LogP contribution in [0.3, 0.4) is 0 Å². The highest BCUT2D eigenvalue weighted by Crippen LogP contribution is 2.10. The Bertz CT molecular complexity index is 243. The number of aromatic hydroxyl groups is 1. The molecule has 0 spiro atoms. The summed E-state index contributed by atoms with van der Waals surface area (Å²) in [6.45, 7) is 5.27. The molecule has 0 saturated carbocycles. The molecule has 0 fully saturated rings. The van der Waals surface area contributed by atoms with E-state index in [4.69, 9.17) is 5.11 Å². The Hall–Kier alpha value is -1.02. The van der Waals surface area contributed by atoms with Crippen molar-refractivity contribution in [3.8, 4) is 5.75 Å². The first-order valence-corrected chi connectivity index (χ1v) is 4.73. The van der Waals surface area contributed by atoms with E-state index in [9.17, 15) is 0 Å². The summed E-state index contributed by atoms with van der Waals surface area (Å²) in [6, 6.07) is 7.88. The van der Waals surface area contributed by atoms with Gasteiger partial charge in [-0.25, -0.2) is 0 Å². The molecule has 0 aliphatic carbocycles. The molecule has 1 aromatic carbocycles. The Morgan fingerprint density at radius 1 is 1.31 bits per heavy atom. The fourth-order valence-corrected chi connectivity index (χ4v) is 1.41. The molecule has 2 heteroatoms. The minimum Gasteiger partial charge on any atom is -0.508 e. The molecule has 0 unspecified atom stereocenters. The van der Waals surface area contributed by atoms with E-state index in [1.54, 1.807) is 12.1 Å². The lowest BCUT2D eigenvalue weighted by molar-refractivity contribution is 0.474. The molecule has 0 bridgehead atoms. The van der Waals surface area contributed by atoms with E-state index in [2.05, 4.69) is 19.2 Å². The van der Waals surface area contributed by atoms with Crippen LogP contribution in [0.5, 0.6) is 5.75 Å². The van der Waals surface area contributed by atoms with Gasteiger partial charge in [0, 0.05) is 6.04 Å². The molecule has 0 aromatic heterocycles. The fraction of sp³-hybridized carbons (Fsp3) is 0.455. The van der Waals surface area contributed by atoms with Crippen molar-refractivity contribution in [2.24, 2.45) is 0 Å². The topological polar surface area (TPSA) is 32.3 Å². The molecule has 1 rings (SSSR count). The van der Waals surface area contributed by atoms with Crippen LogP contribution in [0.2, 0.25) is 0 Å². The first-order valence-electron chi connectivity index (χ1n) is 4.73. The van der Waals surface area contributed by atoms with Crippen LogP contribution in [0.1, 0.15) is 19.4 Å². The lowest BCUT2D eigenvalue weighted by atomic mass is 10.1. The van der Waals surface area contributed by atoms with E-state index < -0.39 is 0 Å². The van der Waals surface area contributed by atoms with Crippen LogP contribution >= 0.6 is 0 Å². The van der Waals surface area contributed by atoms with Gasteiger partial charge in [0.2, 0.25) is 0 Å². The van der Waals surface area contributed by atoms with Gasteiger partial charge in [-0.3, -0.25) is 0 Å². The van der Waals surface area contributed by atoms with Gasteiger partial charge < -0.3 is 10.4 Å². The number of hydrogen-bond donors (Lipinski definition) is 2. The van der Waals surface area contributed by atoms with Crippen molar-refractivity contribution in [2.45, 2.75) is 26.3 Å². The van der Waals surface area contributed by atoms with Gasteiger partial charge in [0.1, 0.15) is 5.75 Å². The van der Waals surface area contributed by atoms with Crippen molar-refractivity contribution in [2.75, 3.05) is 6.54 Å². The summed E-state index contributed by atoms with van der Waals surface area (Å²) in [5.41, 5.74) is 1.26.